The van der Waals surface area contributed by atoms with E-state index in [2.05, 4.69) is 15.9 Å². The van der Waals surface area contributed by atoms with E-state index in [4.69, 9.17) is 9.15 Å². The number of fused-ring (bicyclic) bond motifs is 3. The van der Waals surface area contributed by atoms with Gasteiger partial charge in [0.05, 0.1) is 16.9 Å². The molecule has 4 aromatic rings. The first-order valence-corrected chi connectivity index (χ1v) is 10.00. The molecule has 4 nitrogen and oxygen atoms in total. The molecule has 0 fully saturated rings. The number of ether oxygens (including phenoxy) is 1. The fourth-order valence-corrected chi connectivity index (χ4v) is 4.12. The minimum absolute atomic E-state index is 0.168. The smallest absolute Gasteiger partial charge is 0.344 e. The molecule has 0 unspecified atom stereocenters. The average Bonchev–Trinajstić information content (AvgIpc) is 3.16. The van der Waals surface area contributed by atoms with Gasteiger partial charge in [-0.15, -0.1) is 0 Å². The number of para-hydroxylation sites is 1. The number of hydrogen-bond donors (Lipinski definition) is 0. The lowest BCUT2D eigenvalue weighted by Crippen LogP contribution is -2.31. The van der Waals surface area contributed by atoms with Crippen molar-refractivity contribution in [3.05, 3.63) is 110 Å². The molecule has 0 bridgehead atoms. The zero-order valence-corrected chi connectivity index (χ0v) is 16.8. The molecule has 2 heterocycles. The van der Waals surface area contributed by atoms with Crippen LogP contribution in [-0.2, 0) is 0 Å². The molecule has 0 radical (unpaired) electrons. The van der Waals surface area contributed by atoms with Crippen LogP contribution in [0.3, 0.4) is 0 Å². The Labute approximate surface area is 174 Å². The summed E-state index contributed by atoms with van der Waals surface area (Å²) in [4.78, 5) is 26.3. The number of hydrogen-bond acceptors (Lipinski definition) is 4. The van der Waals surface area contributed by atoms with Gasteiger partial charge in [0.25, 0.3) is 0 Å². The Hall–Kier alpha value is -3.18. The predicted octanol–water partition coefficient (Wildman–Crippen LogP) is 5.33. The molecule has 0 saturated carbocycles. The summed E-state index contributed by atoms with van der Waals surface area (Å²) < 4.78 is 12.7. The van der Waals surface area contributed by atoms with Crippen molar-refractivity contribution in [2.45, 2.75) is 12.0 Å². The van der Waals surface area contributed by atoms with Crippen LogP contribution < -0.4 is 10.4 Å². The summed E-state index contributed by atoms with van der Waals surface area (Å²) in [5, 5.41) is 0.688. The van der Waals surface area contributed by atoms with E-state index in [0.717, 1.165) is 10.0 Å². The fraction of sp³-hybridized carbons (Fsp3) is 0.0833. The van der Waals surface area contributed by atoms with E-state index >= 15 is 0 Å². The molecule has 29 heavy (non-hydrogen) atoms. The molecule has 142 valence electrons. The van der Waals surface area contributed by atoms with Crippen molar-refractivity contribution in [1.29, 1.82) is 0 Å². The van der Waals surface area contributed by atoms with E-state index in [9.17, 15) is 9.59 Å². The lowest BCUT2D eigenvalue weighted by atomic mass is 9.85. The second-order valence-corrected chi connectivity index (χ2v) is 7.84. The second-order valence-electron chi connectivity index (χ2n) is 6.93. The molecule has 1 aromatic heterocycles. The Morgan fingerprint density at radius 1 is 0.862 bits per heavy atom. The van der Waals surface area contributed by atoms with Crippen molar-refractivity contribution in [3.8, 4) is 5.75 Å². The van der Waals surface area contributed by atoms with Gasteiger partial charge < -0.3 is 9.15 Å². The molecular formula is C24H15BrO4. The quantitative estimate of drug-likeness (QED) is 0.315. The highest BCUT2D eigenvalue weighted by molar-refractivity contribution is 9.10. The molecule has 0 N–H and O–H groups in total. The maximum atomic E-state index is 13.3. The predicted molar refractivity (Wildman–Crippen MR) is 114 cm³/mol. The summed E-state index contributed by atoms with van der Waals surface area (Å²) in [7, 11) is 0. The Morgan fingerprint density at radius 3 is 2.31 bits per heavy atom. The van der Waals surface area contributed by atoms with E-state index in [-0.39, 0.29) is 5.78 Å². The number of rotatable bonds is 3. The normalized spacial score (nSPS) is 17.7. The monoisotopic (exact) mass is 446 g/mol. The van der Waals surface area contributed by atoms with E-state index in [0.29, 0.717) is 27.8 Å². The van der Waals surface area contributed by atoms with Crippen LogP contribution in [0.5, 0.6) is 5.75 Å². The Kier molecular flexibility index (Phi) is 4.32. The van der Waals surface area contributed by atoms with Crippen molar-refractivity contribution in [3.63, 3.8) is 0 Å². The standard InChI is InChI=1S/C24H15BrO4/c25-16-12-10-14(11-13-16)19-20-22(17-8-4-5-9-18(17)28-24(20)27)29-23(19)21(26)15-6-2-1-3-7-15/h1-13,19,23H/t19-,23-/m0/s1. The summed E-state index contributed by atoms with van der Waals surface area (Å²) in [5.41, 5.74) is 1.72. The number of carbonyl (C=O) groups excluding carboxylic acids is 1. The third-order valence-electron chi connectivity index (χ3n) is 5.20. The largest absolute Gasteiger partial charge is 0.480 e. The lowest BCUT2D eigenvalue weighted by molar-refractivity contribution is 0.0808. The van der Waals surface area contributed by atoms with Gasteiger partial charge in [-0.05, 0) is 29.8 Å². The van der Waals surface area contributed by atoms with Gasteiger partial charge in [0.2, 0.25) is 5.78 Å². The summed E-state index contributed by atoms with van der Waals surface area (Å²) in [5.74, 6) is -0.288. The van der Waals surface area contributed by atoms with Gasteiger partial charge in [-0.1, -0.05) is 70.5 Å². The first-order valence-electron chi connectivity index (χ1n) is 9.20. The van der Waals surface area contributed by atoms with Crippen LogP contribution in [0.4, 0.5) is 0 Å². The molecule has 0 aliphatic carbocycles. The van der Waals surface area contributed by atoms with Gasteiger partial charge in [-0.3, -0.25) is 4.79 Å². The van der Waals surface area contributed by atoms with E-state index in [1.807, 2.05) is 54.6 Å². The zero-order chi connectivity index (χ0) is 20.0. The topological polar surface area (TPSA) is 56.5 Å². The summed E-state index contributed by atoms with van der Waals surface area (Å²) >= 11 is 3.44. The number of halogens is 1. The van der Waals surface area contributed by atoms with Gasteiger partial charge >= 0.3 is 5.63 Å². The molecule has 0 amide bonds. The second kappa shape index (κ2) is 7.01. The number of ketones is 1. The molecule has 5 rings (SSSR count). The Balaban J connectivity index is 1.73. The first kappa shape index (κ1) is 17.9. The van der Waals surface area contributed by atoms with Gasteiger partial charge in [0.1, 0.15) is 11.3 Å². The molecule has 1 aliphatic rings. The zero-order valence-electron chi connectivity index (χ0n) is 15.2. The molecule has 0 saturated heterocycles. The third kappa shape index (κ3) is 2.98. The van der Waals surface area contributed by atoms with E-state index < -0.39 is 17.6 Å². The maximum Gasteiger partial charge on any atom is 0.344 e. The van der Waals surface area contributed by atoms with Crippen molar-refractivity contribution < 1.29 is 13.9 Å². The number of carbonyl (C=O) groups is 1. The van der Waals surface area contributed by atoms with Crippen LogP contribution in [0.25, 0.3) is 11.0 Å². The van der Waals surface area contributed by atoms with Crippen LogP contribution in [0.15, 0.2) is 92.5 Å². The van der Waals surface area contributed by atoms with Gasteiger partial charge in [0.15, 0.2) is 6.10 Å². The van der Waals surface area contributed by atoms with Crippen molar-refractivity contribution in [2.75, 3.05) is 0 Å². The van der Waals surface area contributed by atoms with Crippen molar-refractivity contribution in [2.24, 2.45) is 0 Å². The molecule has 2 atom stereocenters. The van der Waals surface area contributed by atoms with Crippen LogP contribution in [0, 0.1) is 0 Å². The summed E-state index contributed by atoms with van der Waals surface area (Å²) in [6.45, 7) is 0. The maximum absolute atomic E-state index is 13.3. The lowest BCUT2D eigenvalue weighted by Gasteiger charge is -2.18. The highest BCUT2D eigenvalue weighted by atomic mass is 79.9. The van der Waals surface area contributed by atoms with Gasteiger partial charge in [0, 0.05) is 10.0 Å². The van der Waals surface area contributed by atoms with Gasteiger partial charge in [-0.25, -0.2) is 4.79 Å². The number of benzene rings is 3. The Morgan fingerprint density at radius 2 is 1.55 bits per heavy atom. The highest BCUT2D eigenvalue weighted by Crippen LogP contribution is 2.45. The van der Waals surface area contributed by atoms with Crippen LogP contribution in [-0.4, -0.2) is 11.9 Å². The highest BCUT2D eigenvalue weighted by Gasteiger charge is 2.44. The molecule has 3 aromatic carbocycles. The van der Waals surface area contributed by atoms with Crippen LogP contribution in [0.1, 0.15) is 27.4 Å². The van der Waals surface area contributed by atoms with Gasteiger partial charge in [-0.2, -0.15) is 0 Å². The summed E-state index contributed by atoms with van der Waals surface area (Å²) in [6.07, 6.45) is -0.845. The van der Waals surface area contributed by atoms with Crippen LogP contribution >= 0.6 is 15.9 Å². The van der Waals surface area contributed by atoms with E-state index in [1.54, 1.807) is 24.3 Å². The molecule has 5 heteroatoms. The van der Waals surface area contributed by atoms with Crippen LogP contribution in [0.2, 0.25) is 0 Å². The molecular weight excluding hydrogens is 432 g/mol. The first-order chi connectivity index (χ1) is 14.1. The third-order valence-corrected chi connectivity index (χ3v) is 5.73. The average molecular weight is 447 g/mol. The fourth-order valence-electron chi connectivity index (χ4n) is 3.86. The molecule has 1 aliphatic heterocycles. The van der Waals surface area contributed by atoms with Crippen molar-refractivity contribution >= 4 is 32.7 Å². The molecule has 0 spiro atoms. The van der Waals surface area contributed by atoms with E-state index in [1.165, 1.54) is 0 Å². The minimum Gasteiger partial charge on any atom is -0.480 e. The minimum atomic E-state index is -0.845. The van der Waals surface area contributed by atoms with Crippen molar-refractivity contribution in [1.82, 2.24) is 0 Å². The number of Topliss-reactive ketones (excluding diaryl/α,β-unsaturated/α-hetero) is 1. The Bertz CT molecular complexity index is 1280. The summed E-state index contributed by atoms with van der Waals surface area (Å²) in [6, 6.07) is 23.8. The SMILES string of the molecule is O=C(c1ccccc1)[C@H]1Oc2c(c(=O)oc3ccccc23)[C@@H]1c1ccc(Br)cc1.